The van der Waals surface area contributed by atoms with Gasteiger partial charge < -0.3 is 20.1 Å². The molecule has 2 rings (SSSR count). The molecule has 0 saturated carbocycles. The monoisotopic (exact) mass is 328 g/mol. The third kappa shape index (κ3) is 4.33. The van der Waals surface area contributed by atoms with Crippen molar-refractivity contribution in [1.29, 1.82) is 0 Å². The Kier molecular flexibility index (Phi) is 6.33. The first kappa shape index (κ1) is 17.5. The zero-order chi connectivity index (χ0) is 17.4. The SMILES string of the molecule is COCCNC(=O)c1ccccc1NC(=O)c1ccccc1OC. The van der Waals surface area contributed by atoms with Crippen molar-refractivity contribution in [2.75, 3.05) is 32.7 Å². The van der Waals surface area contributed by atoms with Crippen LogP contribution in [0.4, 0.5) is 5.69 Å². The summed E-state index contributed by atoms with van der Waals surface area (Å²) in [5.41, 5.74) is 1.22. The molecule has 0 fully saturated rings. The highest BCUT2D eigenvalue weighted by Gasteiger charge is 2.16. The van der Waals surface area contributed by atoms with Crippen LogP contribution in [0.1, 0.15) is 20.7 Å². The van der Waals surface area contributed by atoms with Crippen LogP contribution in [0.3, 0.4) is 0 Å². The fraction of sp³-hybridized carbons (Fsp3) is 0.222. The molecule has 0 aliphatic carbocycles. The number of para-hydroxylation sites is 2. The Labute approximate surface area is 140 Å². The van der Waals surface area contributed by atoms with Crippen molar-refractivity contribution in [2.45, 2.75) is 0 Å². The molecule has 2 amide bonds. The van der Waals surface area contributed by atoms with Crippen molar-refractivity contribution in [3.63, 3.8) is 0 Å². The lowest BCUT2D eigenvalue weighted by Crippen LogP contribution is -2.28. The second-order valence-electron chi connectivity index (χ2n) is 4.95. The number of hydrogen-bond acceptors (Lipinski definition) is 4. The van der Waals surface area contributed by atoms with E-state index in [1.807, 2.05) is 0 Å². The van der Waals surface area contributed by atoms with Crippen LogP contribution in [-0.4, -0.2) is 39.2 Å². The van der Waals surface area contributed by atoms with E-state index in [-0.39, 0.29) is 11.8 Å². The van der Waals surface area contributed by atoms with Gasteiger partial charge in [0.25, 0.3) is 11.8 Å². The van der Waals surface area contributed by atoms with Crippen LogP contribution in [0, 0.1) is 0 Å². The summed E-state index contributed by atoms with van der Waals surface area (Å²) < 4.78 is 10.1. The summed E-state index contributed by atoms with van der Waals surface area (Å²) in [5.74, 6) is -0.149. The molecule has 126 valence electrons. The summed E-state index contributed by atoms with van der Waals surface area (Å²) in [6.45, 7) is 0.811. The average Bonchev–Trinajstić information content (AvgIpc) is 2.62. The standard InChI is InChI=1S/C18H20N2O4/c1-23-12-11-19-17(21)13-7-3-5-9-15(13)20-18(22)14-8-4-6-10-16(14)24-2/h3-10H,11-12H2,1-2H3,(H,19,21)(H,20,22). The molecule has 0 atom stereocenters. The minimum absolute atomic E-state index is 0.275. The second kappa shape index (κ2) is 8.69. The van der Waals surface area contributed by atoms with Crippen LogP contribution < -0.4 is 15.4 Å². The quantitative estimate of drug-likeness (QED) is 0.765. The first-order valence-corrected chi connectivity index (χ1v) is 7.48. The van der Waals surface area contributed by atoms with Crippen molar-refractivity contribution in [2.24, 2.45) is 0 Å². The van der Waals surface area contributed by atoms with E-state index < -0.39 is 0 Å². The molecule has 24 heavy (non-hydrogen) atoms. The molecule has 2 aromatic rings. The van der Waals surface area contributed by atoms with E-state index in [9.17, 15) is 9.59 Å². The van der Waals surface area contributed by atoms with E-state index >= 15 is 0 Å². The number of ether oxygens (including phenoxy) is 2. The Balaban J connectivity index is 2.18. The summed E-state index contributed by atoms with van der Waals surface area (Å²) in [4.78, 5) is 24.7. The Morgan fingerprint density at radius 2 is 1.58 bits per heavy atom. The van der Waals surface area contributed by atoms with Gasteiger partial charge in [0.2, 0.25) is 0 Å². The minimum Gasteiger partial charge on any atom is -0.496 e. The molecule has 0 aromatic heterocycles. The number of anilines is 1. The van der Waals surface area contributed by atoms with Gasteiger partial charge in [-0.3, -0.25) is 9.59 Å². The first-order chi connectivity index (χ1) is 11.7. The Morgan fingerprint density at radius 3 is 2.29 bits per heavy atom. The lowest BCUT2D eigenvalue weighted by Gasteiger charge is -2.12. The maximum absolute atomic E-state index is 12.5. The van der Waals surface area contributed by atoms with Gasteiger partial charge in [0.15, 0.2) is 0 Å². The predicted octanol–water partition coefficient (Wildman–Crippen LogP) is 2.32. The van der Waals surface area contributed by atoms with Gasteiger partial charge in [0, 0.05) is 13.7 Å². The van der Waals surface area contributed by atoms with Crippen molar-refractivity contribution >= 4 is 17.5 Å². The third-order valence-electron chi connectivity index (χ3n) is 3.36. The lowest BCUT2D eigenvalue weighted by atomic mass is 10.1. The molecular weight excluding hydrogens is 308 g/mol. The maximum Gasteiger partial charge on any atom is 0.259 e. The lowest BCUT2D eigenvalue weighted by molar-refractivity contribution is 0.0938. The molecule has 0 spiro atoms. The van der Waals surface area contributed by atoms with Crippen molar-refractivity contribution < 1.29 is 19.1 Å². The summed E-state index contributed by atoms with van der Waals surface area (Å²) in [6, 6.07) is 13.7. The number of nitrogens with one attached hydrogen (secondary N) is 2. The summed E-state index contributed by atoms with van der Waals surface area (Å²) in [6.07, 6.45) is 0. The minimum atomic E-state index is -0.343. The Bertz CT molecular complexity index is 716. The number of carbonyl (C=O) groups excluding carboxylic acids is 2. The van der Waals surface area contributed by atoms with Crippen LogP contribution in [0.15, 0.2) is 48.5 Å². The number of rotatable bonds is 7. The van der Waals surface area contributed by atoms with Gasteiger partial charge in [-0.15, -0.1) is 0 Å². The normalized spacial score (nSPS) is 10.1. The van der Waals surface area contributed by atoms with Gasteiger partial charge in [-0.05, 0) is 24.3 Å². The molecule has 0 radical (unpaired) electrons. The number of amides is 2. The summed E-state index contributed by atoms with van der Waals surface area (Å²) in [5, 5.41) is 5.50. The zero-order valence-electron chi connectivity index (χ0n) is 13.7. The number of methoxy groups -OCH3 is 2. The predicted molar refractivity (Wildman–Crippen MR) is 91.6 cm³/mol. The Hall–Kier alpha value is -2.86. The van der Waals surface area contributed by atoms with Gasteiger partial charge in [-0.2, -0.15) is 0 Å². The number of carbonyl (C=O) groups is 2. The first-order valence-electron chi connectivity index (χ1n) is 7.48. The fourth-order valence-corrected chi connectivity index (χ4v) is 2.17. The second-order valence-corrected chi connectivity index (χ2v) is 4.95. The largest absolute Gasteiger partial charge is 0.496 e. The molecule has 2 aromatic carbocycles. The highest BCUT2D eigenvalue weighted by molar-refractivity contribution is 6.10. The topological polar surface area (TPSA) is 76.7 Å². The Morgan fingerprint density at radius 1 is 0.917 bits per heavy atom. The molecule has 0 unspecified atom stereocenters. The van der Waals surface area contributed by atoms with Gasteiger partial charge in [0.1, 0.15) is 5.75 Å². The fourth-order valence-electron chi connectivity index (χ4n) is 2.17. The van der Waals surface area contributed by atoms with Crippen LogP contribution in [0.2, 0.25) is 0 Å². The van der Waals surface area contributed by atoms with E-state index in [0.717, 1.165) is 0 Å². The average molecular weight is 328 g/mol. The number of benzene rings is 2. The molecule has 6 nitrogen and oxygen atoms in total. The van der Waals surface area contributed by atoms with Crippen LogP contribution in [0.25, 0.3) is 0 Å². The summed E-state index contributed by atoms with van der Waals surface area (Å²) >= 11 is 0. The molecule has 0 heterocycles. The molecule has 6 heteroatoms. The van der Waals surface area contributed by atoms with Crippen molar-refractivity contribution in [1.82, 2.24) is 5.32 Å². The van der Waals surface area contributed by atoms with Crippen molar-refractivity contribution in [3.8, 4) is 5.75 Å². The maximum atomic E-state index is 12.5. The summed E-state index contributed by atoms with van der Waals surface area (Å²) in [7, 11) is 3.07. The van der Waals surface area contributed by atoms with E-state index in [2.05, 4.69) is 10.6 Å². The van der Waals surface area contributed by atoms with Gasteiger partial charge in [0.05, 0.1) is 30.5 Å². The van der Waals surface area contributed by atoms with Gasteiger partial charge >= 0.3 is 0 Å². The van der Waals surface area contributed by atoms with Crippen molar-refractivity contribution in [3.05, 3.63) is 59.7 Å². The van der Waals surface area contributed by atoms with E-state index in [1.54, 1.807) is 55.6 Å². The number of hydrogen-bond donors (Lipinski definition) is 2. The zero-order valence-corrected chi connectivity index (χ0v) is 13.7. The molecule has 2 N–H and O–H groups in total. The van der Waals surface area contributed by atoms with Crippen LogP contribution in [-0.2, 0) is 4.74 Å². The molecule has 0 aliphatic heterocycles. The molecule has 0 bridgehead atoms. The van der Waals surface area contributed by atoms with E-state index in [1.165, 1.54) is 7.11 Å². The highest BCUT2D eigenvalue weighted by atomic mass is 16.5. The van der Waals surface area contributed by atoms with Gasteiger partial charge in [-0.25, -0.2) is 0 Å². The smallest absolute Gasteiger partial charge is 0.259 e. The van der Waals surface area contributed by atoms with Crippen LogP contribution >= 0.6 is 0 Å². The van der Waals surface area contributed by atoms with Gasteiger partial charge in [-0.1, -0.05) is 24.3 Å². The highest BCUT2D eigenvalue weighted by Crippen LogP contribution is 2.21. The van der Waals surface area contributed by atoms with Crippen LogP contribution in [0.5, 0.6) is 5.75 Å². The van der Waals surface area contributed by atoms with E-state index in [4.69, 9.17) is 9.47 Å². The molecular formula is C18H20N2O4. The molecule has 0 saturated heterocycles. The molecule has 0 aliphatic rings. The van der Waals surface area contributed by atoms with E-state index in [0.29, 0.717) is 35.7 Å². The third-order valence-corrected chi connectivity index (χ3v) is 3.36.